The van der Waals surface area contributed by atoms with Crippen molar-refractivity contribution in [3.05, 3.63) is 53.2 Å². The van der Waals surface area contributed by atoms with Gasteiger partial charge in [-0.05, 0) is 43.5 Å². The van der Waals surface area contributed by atoms with E-state index in [0.717, 1.165) is 24.8 Å². The number of anilines is 1. The smallest absolute Gasteiger partial charge is 0.274 e. The van der Waals surface area contributed by atoms with Gasteiger partial charge in [0.05, 0.1) is 6.54 Å². The summed E-state index contributed by atoms with van der Waals surface area (Å²) >= 11 is 5.88. The lowest BCUT2D eigenvalue weighted by Gasteiger charge is -2.25. The standard InChI is InChI=1S/C21H27ClN4O3S/c1-2-25(16-21(27)24-14-17-6-8-18(22)9-7-17)20-11-10-19(15-23-20)30(28,29)26-12-4-3-5-13-26/h6-11,15H,2-5,12-14,16H2,1H3,(H,24,27)/p+1. The van der Waals surface area contributed by atoms with Gasteiger partial charge in [-0.25, -0.2) is 13.4 Å². The summed E-state index contributed by atoms with van der Waals surface area (Å²) < 4.78 is 27.1. The van der Waals surface area contributed by atoms with Crippen LogP contribution in [0.1, 0.15) is 31.7 Å². The van der Waals surface area contributed by atoms with Crippen LogP contribution in [0.2, 0.25) is 5.02 Å². The molecular formula is C21H28ClN4O3S+. The molecule has 0 spiro atoms. The Kier molecular flexibility index (Phi) is 7.69. The Morgan fingerprint density at radius 1 is 1.13 bits per heavy atom. The van der Waals surface area contributed by atoms with E-state index in [1.807, 2.05) is 24.0 Å². The molecule has 0 radical (unpaired) electrons. The lowest BCUT2D eigenvalue weighted by Crippen LogP contribution is -2.40. The number of benzene rings is 1. The van der Waals surface area contributed by atoms with E-state index in [9.17, 15) is 13.2 Å². The van der Waals surface area contributed by atoms with Crippen LogP contribution in [0, 0.1) is 0 Å². The summed E-state index contributed by atoms with van der Waals surface area (Å²) in [7, 11) is -3.48. The number of H-pyrrole nitrogens is 1. The number of rotatable bonds is 8. The van der Waals surface area contributed by atoms with Gasteiger partial charge < -0.3 is 5.32 Å². The van der Waals surface area contributed by atoms with Crippen LogP contribution in [0.5, 0.6) is 0 Å². The van der Waals surface area contributed by atoms with Crippen LogP contribution in [0.25, 0.3) is 0 Å². The zero-order valence-corrected chi connectivity index (χ0v) is 18.7. The lowest BCUT2D eigenvalue weighted by atomic mass is 10.2. The zero-order valence-electron chi connectivity index (χ0n) is 17.1. The average Bonchev–Trinajstić information content (AvgIpc) is 2.78. The van der Waals surface area contributed by atoms with Gasteiger partial charge in [-0.3, -0.25) is 9.69 Å². The van der Waals surface area contributed by atoms with E-state index in [0.29, 0.717) is 37.0 Å². The van der Waals surface area contributed by atoms with Crippen LogP contribution in [-0.2, 0) is 21.4 Å². The van der Waals surface area contributed by atoms with Crippen molar-refractivity contribution in [3.8, 4) is 0 Å². The summed E-state index contributed by atoms with van der Waals surface area (Å²) in [6.07, 6.45) is 4.38. The first-order chi connectivity index (χ1) is 14.4. The fourth-order valence-corrected chi connectivity index (χ4v) is 5.02. The molecule has 7 nitrogen and oxygen atoms in total. The zero-order chi connectivity index (χ0) is 21.6. The molecule has 1 amide bonds. The topological polar surface area (TPSA) is 83.9 Å². The summed E-state index contributed by atoms with van der Waals surface area (Å²) in [4.78, 5) is 17.5. The molecule has 0 unspecified atom stereocenters. The van der Waals surface area contributed by atoms with Crippen LogP contribution in [0.4, 0.5) is 5.82 Å². The summed E-state index contributed by atoms with van der Waals surface area (Å²) in [5.74, 6) is 0.571. The number of hydrogen-bond acceptors (Lipinski definition) is 4. The van der Waals surface area contributed by atoms with Gasteiger partial charge in [0.15, 0.2) is 6.54 Å². The number of halogens is 1. The second kappa shape index (κ2) is 10.2. The number of piperidine rings is 1. The molecule has 1 saturated heterocycles. The Labute approximate surface area is 183 Å². The minimum absolute atomic E-state index is 0.120. The van der Waals surface area contributed by atoms with Gasteiger partial charge >= 0.3 is 0 Å². The van der Waals surface area contributed by atoms with Crippen molar-refractivity contribution in [2.75, 3.05) is 31.1 Å². The lowest BCUT2D eigenvalue weighted by molar-refractivity contribution is -0.367. The number of likely N-dealkylation sites (N-methyl/N-ethyl adjacent to an activating group) is 1. The Balaban J connectivity index is 1.60. The fraction of sp³-hybridized carbons (Fsp3) is 0.429. The van der Waals surface area contributed by atoms with Gasteiger partial charge in [-0.15, -0.1) is 0 Å². The highest BCUT2D eigenvalue weighted by Gasteiger charge is 2.27. The highest BCUT2D eigenvalue weighted by atomic mass is 35.5. The summed E-state index contributed by atoms with van der Waals surface area (Å²) in [5.41, 5.74) is 0.967. The largest absolute Gasteiger partial charge is 0.349 e. The number of aromatic nitrogens is 1. The molecule has 1 fully saturated rings. The first-order valence-electron chi connectivity index (χ1n) is 10.2. The third kappa shape index (κ3) is 5.71. The van der Waals surface area contributed by atoms with Gasteiger partial charge in [-0.1, -0.05) is 30.2 Å². The SMILES string of the molecule is CCN(CC(=O)NCc1ccc(Cl)cc1)c1ccc(S(=O)(=O)N2CCCCC2)c[nH+]1. The third-order valence-corrected chi connectivity index (χ3v) is 7.33. The van der Waals surface area contributed by atoms with Crippen molar-refractivity contribution in [2.24, 2.45) is 0 Å². The van der Waals surface area contributed by atoms with E-state index in [1.165, 1.54) is 6.20 Å². The highest BCUT2D eigenvalue weighted by Crippen LogP contribution is 2.20. The molecule has 1 aliphatic heterocycles. The molecule has 0 aliphatic carbocycles. The van der Waals surface area contributed by atoms with Crippen molar-refractivity contribution in [2.45, 2.75) is 37.6 Å². The number of nitrogens with zero attached hydrogens (tertiary/aromatic N) is 2. The highest BCUT2D eigenvalue weighted by molar-refractivity contribution is 7.89. The van der Waals surface area contributed by atoms with Crippen molar-refractivity contribution < 1.29 is 18.2 Å². The number of amides is 1. The molecule has 3 rings (SSSR count). The quantitative estimate of drug-likeness (QED) is 0.668. The molecule has 0 atom stereocenters. The van der Waals surface area contributed by atoms with Crippen molar-refractivity contribution in [1.82, 2.24) is 9.62 Å². The maximum absolute atomic E-state index is 12.8. The molecule has 1 aromatic carbocycles. The van der Waals surface area contributed by atoms with Crippen molar-refractivity contribution in [3.63, 3.8) is 0 Å². The normalized spacial score (nSPS) is 15.0. The molecule has 2 N–H and O–H groups in total. The van der Waals surface area contributed by atoms with Crippen molar-refractivity contribution in [1.29, 1.82) is 0 Å². The van der Waals surface area contributed by atoms with Crippen LogP contribution < -0.4 is 15.2 Å². The Hall–Kier alpha value is -2.16. The molecular weight excluding hydrogens is 424 g/mol. The Bertz CT molecular complexity index is 943. The molecule has 162 valence electrons. The minimum atomic E-state index is -3.48. The predicted octanol–water partition coefficient (Wildman–Crippen LogP) is 2.47. The summed E-state index contributed by atoms with van der Waals surface area (Å²) in [6, 6.07) is 10.6. The minimum Gasteiger partial charge on any atom is -0.349 e. The second-order valence-corrected chi connectivity index (χ2v) is 9.67. The molecule has 2 aromatic rings. The number of nitrogens with one attached hydrogen (secondary N) is 2. The van der Waals surface area contributed by atoms with Gasteiger partial charge in [0, 0.05) is 30.7 Å². The maximum atomic E-state index is 12.8. The van der Waals surface area contributed by atoms with E-state index in [4.69, 9.17) is 11.6 Å². The van der Waals surface area contributed by atoms with E-state index >= 15 is 0 Å². The van der Waals surface area contributed by atoms with E-state index in [2.05, 4.69) is 10.3 Å². The molecule has 2 heterocycles. The first kappa shape index (κ1) is 22.5. The molecule has 9 heteroatoms. The van der Waals surface area contributed by atoms with E-state index < -0.39 is 10.0 Å². The predicted molar refractivity (Wildman–Crippen MR) is 117 cm³/mol. The first-order valence-corrected chi connectivity index (χ1v) is 12.0. The van der Waals surface area contributed by atoms with E-state index in [1.54, 1.807) is 28.6 Å². The molecule has 1 aliphatic rings. The number of hydrogen-bond donors (Lipinski definition) is 1. The molecule has 1 aromatic heterocycles. The maximum Gasteiger partial charge on any atom is 0.274 e. The van der Waals surface area contributed by atoms with Crippen LogP contribution >= 0.6 is 11.6 Å². The monoisotopic (exact) mass is 451 g/mol. The van der Waals surface area contributed by atoms with Crippen LogP contribution in [-0.4, -0.2) is 44.8 Å². The van der Waals surface area contributed by atoms with Gasteiger partial charge in [-0.2, -0.15) is 4.31 Å². The third-order valence-electron chi connectivity index (χ3n) is 5.18. The van der Waals surface area contributed by atoms with Crippen LogP contribution in [0.3, 0.4) is 0 Å². The number of pyridine rings is 1. The van der Waals surface area contributed by atoms with Crippen LogP contribution in [0.15, 0.2) is 47.5 Å². The number of carbonyl (C=O) groups is 1. The fourth-order valence-electron chi connectivity index (χ4n) is 3.41. The average molecular weight is 452 g/mol. The Morgan fingerprint density at radius 2 is 1.83 bits per heavy atom. The summed E-state index contributed by atoms with van der Waals surface area (Å²) in [6.45, 7) is 4.27. The van der Waals surface area contributed by atoms with Gasteiger partial charge in [0.25, 0.3) is 11.7 Å². The van der Waals surface area contributed by atoms with Gasteiger partial charge in [0.2, 0.25) is 10.0 Å². The number of aromatic amines is 1. The molecule has 30 heavy (non-hydrogen) atoms. The molecule has 0 saturated carbocycles. The number of sulfonamides is 1. The van der Waals surface area contributed by atoms with Gasteiger partial charge in [0.1, 0.15) is 11.1 Å². The van der Waals surface area contributed by atoms with E-state index in [-0.39, 0.29) is 17.3 Å². The second-order valence-electron chi connectivity index (χ2n) is 7.29. The Morgan fingerprint density at radius 3 is 2.43 bits per heavy atom. The molecule has 0 bridgehead atoms. The number of carbonyl (C=O) groups excluding carboxylic acids is 1. The summed E-state index contributed by atoms with van der Waals surface area (Å²) in [5, 5.41) is 3.55. The van der Waals surface area contributed by atoms with Crippen molar-refractivity contribution >= 4 is 33.3 Å².